The second-order valence-electron chi connectivity index (χ2n) is 5.05. The van der Waals surface area contributed by atoms with Gasteiger partial charge in [-0.2, -0.15) is 13.2 Å². The first-order valence-electron chi connectivity index (χ1n) is 7.02. The molecule has 2 N–H and O–H groups in total. The van der Waals surface area contributed by atoms with Gasteiger partial charge in [0, 0.05) is 13.7 Å². The predicted molar refractivity (Wildman–Crippen MR) is 78.2 cm³/mol. The number of furan rings is 1. The highest BCUT2D eigenvalue weighted by Gasteiger charge is 2.30. The number of aliphatic hydroxyl groups is 1. The van der Waals surface area contributed by atoms with Gasteiger partial charge in [0.25, 0.3) is 5.91 Å². The van der Waals surface area contributed by atoms with E-state index in [0.29, 0.717) is 5.76 Å². The number of amides is 1. The second-order valence-corrected chi connectivity index (χ2v) is 5.05. The van der Waals surface area contributed by atoms with E-state index in [2.05, 4.69) is 5.32 Å². The monoisotopic (exact) mass is 343 g/mol. The molecule has 1 amide bonds. The standard InChI is InChI=1S/C16H16F3NO4/c1-23-9-12-5-6-14(24-12)15(22)20-8-13(21)10-3-2-4-11(7-10)16(17,18)19/h2-7,13,21H,8-9H2,1H3,(H,20,22). The second kappa shape index (κ2) is 7.50. The van der Waals surface area contributed by atoms with Crippen LogP contribution in [0, 0.1) is 0 Å². The Kier molecular flexibility index (Phi) is 5.63. The van der Waals surface area contributed by atoms with Crippen molar-refractivity contribution < 1.29 is 32.2 Å². The van der Waals surface area contributed by atoms with Gasteiger partial charge in [-0.15, -0.1) is 0 Å². The largest absolute Gasteiger partial charge is 0.453 e. The molecule has 130 valence electrons. The normalized spacial score (nSPS) is 12.9. The molecule has 0 radical (unpaired) electrons. The fourth-order valence-corrected chi connectivity index (χ4v) is 2.04. The van der Waals surface area contributed by atoms with E-state index in [9.17, 15) is 23.1 Å². The summed E-state index contributed by atoms with van der Waals surface area (Å²) in [5, 5.41) is 12.4. The molecular weight excluding hydrogens is 327 g/mol. The third-order valence-electron chi connectivity index (χ3n) is 3.23. The first-order valence-corrected chi connectivity index (χ1v) is 7.02. The number of carbonyl (C=O) groups is 1. The first-order chi connectivity index (χ1) is 11.3. The fraction of sp³-hybridized carbons (Fsp3) is 0.312. The van der Waals surface area contributed by atoms with Crippen LogP contribution in [0.2, 0.25) is 0 Å². The predicted octanol–water partition coefficient (Wildman–Crippen LogP) is 2.91. The lowest BCUT2D eigenvalue weighted by Crippen LogP contribution is -2.28. The molecule has 0 saturated heterocycles. The van der Waals surface area contributed by atoms with E-state index in [0.717, 1.165) is 12.1 Å². The van der Waals surface area contributed by atoms with E-state index in [1.54, 1.807) is 6.07 Å². The van der Waals surface area contributed by atoms with Crippen molar-refractivity contribution in [2.75, 3.05) is 13.7 Å². The Balaban J connectivity index is 1.97. The molecule has 2 aromatic rings. The van der Waals surface area contributed by atoms with Crippen LogP contribution in [0.15, 0.2) is 40.8 Å². The third-order valence-corrected chi connectivity index (χ3v) is 3.23. The minimum absolute atomic E-state index is 0.0262. The summed E-state index contributed by atoms with van der Waals surface area (Å²) in [5.41, 5.74) is -0.801. The van der Waals surface area contributed by atoms with Gasteiger partial charge in [0.2, 0.25) is 0 Å². The maximum atomic E-state index is 12.7. The highest BCUT2D eigenvalue weighted by molar-refractivity contribution is 5.91. The van der Waals surface area contributed by atoms with E-state index >= 15 is 0 Å². The first kappa shape index (κ1) is 18.0. The summed E-state index contributed by atoms with van der Waals surface area (Å²) in [7, 11) is 1.48. The zero-order chi connectivity index (χ0) is 17.7. The highest BCUT2D eigenvalue weighted by atomic mass is 19.4. The minimum atomic E-state index is -4.50. The maximum Gasteiger partial charge on any atom is 0.416 e. The molecular formula is C16H16F3NO4. The summed E-state index contributed by atoms with van der Waals surface area (Å²) < 4.78 is 48.1. The van der Waals surface area contributed by atoms with Crippen LogP contribution in [0.4, 0.5) is 13.2 Å². The van der Waals surface area contributed by atoms with Crippen LogP contribution in [0.25, 0.3) is 0 Å². The summed E-state index contributed by atoms with van der Waals surface area (Å²) in [6.45, 7) is -0.0411. The van der Waals surface area contributed by atoms with Crippen LogP contribution >= 0.6 is 0 Å². The number of hydrogen-bond acceptors (Lipinski definition) is 4. The van der Waals surface area contributed by atoms with Crippen molar-refractivity contribution in [1.82, 2.24) is 5.32 Å². The maximum absolute atomic E-state index is 12.7. The molecule has 0 fully saturated rings. The quantitative estimate of drug-likeness (QED) is 0.846. The molecule has 8 heteroatoms. The molecule has 0 aliphatic heterocycles. The van der Waals surface area contributed by atoms with Gasteiger partial charge in [-0.1, -0.05) is 12.1 Å². The molecule has 1 unspecified atom stereocenters. The van der Waals surface area contributed by atoms with Gasteiger partial charge in [0.15, 0.2) is 5.76 Å². The number of hydrogen-bond donors (Lipinski definition) is 2. The number of carbonyl (C=O) groups excluding carboxylic acids is 1. The SMILES string of the molecule is COCc1ccc(C(=O)NCC(O)c2cccc(C(F)(F)F)c2)o1. The average molecular weight is 343 g/mol. The molecule has 0 spiro atoms. The van der Waals surface area contributed by atoms with Crippen LogP contribution < -0.4 is 5.32 Å². The summed E-state index contributed by atoms with van der Waals surface area (Å²) in [6, 6.07) is 7.33. The van der Waals surface area contributed by atoms with Crippen LogP contribution in [0.1, 0.15) is 33.5 Å². The Morgan fingerprint density at radius 1 is 1.33 bits per heavy atom. The zero-order valence-electron chi connectivity index (χ0n) is 12.8. The van der Waals surface area contributed by atoms with Crippen molar-refractivity contribution in [3.8, 4) is 0 Å². The summed E-state index contributed by atoms with van der Waals surface area (Å²) >= 11 is 0. The van der Waals surface area contributed by atoms with Gasteiger partial charge in [0.1, 0.15) is 12.4 Å². The highest BCUT2D eigenvalue weighted by Crippen LogP contribution is 2.30. The van der Waals surface area contributed by atoms with Gasteiger partial charge < -0.3 is 19.6 Å². The molecule has 1 aromatic carbocycles. The summed E-state index contributed by atoms with van der Waals surface area (Å²) in [4.78, 5) is 11.9. The summed E-state index contributed by atoms with van der Waals surface area (Å²) in [5.74, 6) is -0.0947. The minimum Gasteiger partial charge on any atom is -0.453 e. The number of halogens is 3. The smallest absolute Gasteiger partial charge is 0.416 e. The Bertz CT molecular complexity index is 697. The number of ether oxygens (including phenoxy) is 1. The molecule has 1 heterocycles. The molecule has 2 rings (SSSR count). The van der Waals surface area contributed by atoms with Gasteiger partial charge in [0.05, 0.1) is 11.7 Å². The lowest BCUT2D eigenvalue weighted by atomic mass is 10.1. The van der Waals surface area contributed by atoms with Crippen molar-refractivity contribution in [1.29, 1.82) is 0 Å². The number of rotatable bonds is 6. The van der Waals surface area contributed by atoms with E-state index in [-0.39, 0.29) is 24.5 Å². The molecule has 0 saturated carbocycles. The number of methoxy groups -OCH3 is 1. The van der Waals surface area contributed by atoms with Crippen molar-refractivity contribution in [3.05, 3.63) is 59.0 Å². The molecule has 24 heavy (non-hydrogen) atoms. The van der Waals surface area contributed by atoms with Crippen molar-refractivity contribution in [2.24, 2.45) is 0 Å². The Morgan fingerprint density at radius 3 is 2.75 bits per heavy atom. The topological polar surface area (TPSA) is 71.7 Å². The molecule has 0 bridgehead atoms. The Hall–Kier alpha value is -2.32. The number of alkyl halides is 3. The summed E-state index contributed by atoms with van der Waals surface area (Å²) in [6.07, 6.45) is -5.77. The number of aliphatic hydroxyl groups excluding tert-OH is 1. The lowest BCUT2D eigenvalue weighted by molar-refractivity contribution is -0.137. The Morgan fingerprint density at radius 2 is 2.08 bits per heavy atom. The fourth-order valence-electron chi connectivity index (χ4n) is 2.04. The van der Waals surface area contributed by atoms with Gasteiger partial charge >= 0.3 is 6.18 Å². The zero-order valence-corrected chi connectivity index (χ0v) is 12.8. The van der Waals surface area contributed by atoms with Gasteiger partial charge in [-0.3, -0.25) is 4.79 Å². The molecule has 1 atom stereocenters. The van der Waals surface area contributed by atoms with Crippen molar-refractivity contribution in [3.63, 3.8) is 0 Å². The van der Waals surface area contributed by atoms with Gasteiger partial charge in [-0.05, 0) is 29.8 Å². The number of benzene rings is 1. The number of nitrogens with one attached hydrogen (secondary N) is 1. The molecule has 5 nitrogen and oxygen atoms in total. The molecule has 0 aliphatic rings. The van der Waals surface area contributed by atoms with E-state index in [1.165, 1.54) is 25.3 Å². The van der Waals surface area contributed by atoms with Crippen LogP contribution in [0.5, 0.6) is 0 Å². The molecule has 1 aromatic heterocycles. The van der Waals surface area contributed by atoms with Gasteiger partial charge in [-0.25, -0.2) is 0 Å². The van der Waals surface area contributed by atoms with E-state index in [4.69, 9.17) is 9.15 Å². The van der Waals surface area contributed by atoms with Crippen LogP contribution in [-0.4, -0.2) is 24.7 Å². The lowest BCUT2D eigenvalue weighted by Gasteiger charge is -2.14. The van der Waals surface area contributed by atoms with Crippen LogP contribution in [-0.2, 0) is 17.5 Å². The van der Waals surface area contributed by atoms with E-state index < -0.39 is 23.8 Å². The van der Waals surface area contributed by atoms with Crippen LogP contribution in [0.3, 0.4) is 0 Å². The average Bonchev–Trinajstić information content (AvgIpc) is 3.00. The van der Waals surface area contributed by atoms with Crippen molar-refractivity contribution in [2.45, 2.75) is 18.9 Å². The Labute approximate surface area is 136 Å². The van der Waals surface area contributed by atoms with Crippen molar-refractivity contribution >= 4 is 5.91 Å². The van der Waals surface area contributed by atoms with E-state index in [1.807, 2.05) is 0 Å². The third kappa shape index (κ3) is 4.59. The molecule has 0 aliphatic carbocycles.